The summed E-state index contributed by atoms with van der Waals surface area (Å²) < 4.78 is 6.27. The minimum Gasteiger partial charge on any atom is -0.504 e. The summed E-state index contributed by atoms with van der Waals surface area (Å²) in [5.41, 5.74) is -0.255. The first-order valence-corrected chi connectivity index (χ1v) is 13.6. The Morgan fingerprint density at radius 1 is 1.20 bits per heavy atom. The van der Waals surface area contributed by atoms with E-state index in [0.717, 1.165) is 49.9 Å². The number of aromatic hydroxyl groups is 1. The Morgan fingerprint density at radius 3 is 2.71 bits per heavy atom. The highest BCUT2D eigenvalue weighted by molar-refractivity contribution is 6.06. The zero-order valence-electron chi connectivity index (χ0n) is 20.5. The molecule has 188 valence electrons. The van der Waals surface area contributed by atoms with E-state index in [0.29, 0.717) is 24.5 Å². The highest BCUT2D eigenvalue weighted by Crippen LogP contribution is 2.65. The highest BCUT2D eigenvalue weighted by atomic mass is 16.5. The molecule has 5 atom stereocenters. The number of phenols is 1. The van der Waals surface area contributed by atoms with Crippen LogP contribution in [0.1, 0.15) is 68.9 Å². The van der Waals surface area contributed by atoms with Gasteiger partial charge in [0.05, 0.1) is 11.0 Å². The van der Waals surface area contributed by atoms with E-state index >= 15 is 0 Å². The normalized spacial score (nSPS) is 38.1. The van der Waals surface area contributed by atoms with E-state index in [-0.39, 0.29) is 35.9 Å². The number of benzene rings is 1. The highest BCUT2D eigenvalue weighted by Gasteiger charge is 2.75. The van der Waals surface area contributed by atoms with Crippen LogP contribution in [0.5, 0.6) is 11.5 Å². The number of likely N-dealkylation sites (tertiary alicyclic amines) is 1. The van der Waals surface area contributed by atoms with Crippen LogP contribution in [0.4, 0.5) is 0 Å². The second kappa shape index (κ2) is 7.45. The van der Waals surface area contributed by atoms with E-state index in [1.807, 2.05) is 13.1 Å². The third-order valence-corrected chi connectivity index (χ3v) is 10.4. The van der Waals surface area contributed by atoms with Gasteiger partial charge in [0.25, 0.3) is 0 Å². The predicted octanol–water partition coefficient (Wildman–Crippen LogP) is 2.54. The number of carbonyl (C=O) groups excluding carboxylic acids is 2. The quantitative estimate of drug-likeness (QED) is 0.644. The maximum atomic E-state index is 14.0. The molecule has 2 bridgehead atoms. The van der Waals surface area contributed by atoms with Crippen molar-refractivity contribution >= 4 is 11.7 Å². The van der Waals surface area contributed by atoms with Crippen LogP contribution in [-0.4, -0.2) is 75.6 Å². The number of rotatable bonds is 4. The lowest BCUT2D eigenvalue weighted by molar-refractivity contribution is -0.200. The summed E-state index contributed by atoms with van der Waals surface area (Å²) in [6, 6.07) is 3.59. The lowest BCUT2D eigenvalue weighted by Crippen LogP contribution is -2.78. The molecule has 1 spiro atoms. The molecule has 4 aliphatic carbocycles. The van der Waals surface area contributed by atoms with E-state index in [9.17, 15) is 19.8 Å². The Balaban J connectivity index is 1.31. The zero-order valence-corrected chi connectivity index (χ0v) is 20.5. The molecule has 1 amide bonds. The van der Waals surface area contributed by atoms with Crippen LogP contribution in [0.3, 0.4) is 0 Å². The smallest absolute Gasteiger partial charge is 0.233 e. The number of nitrogens with zero attached hydrogens (tertiary/aromatic N) is 2. The molecule has 1 aromatic rings. The van der Waals surface area contributed by atoms with Gasteiger partial charge in [0, 0.05) is 31.2 Å². The lowest BCUT2D eigenvalue weighted by Gasteiger charge is -2.63. The number of ketones is 1. The van der Waals surface area contributed by atoms with Crippen LogP contribution in [0.15, 0.2) is 12.1 Å². The van der Waals surface area contributed by atoms with E-state index in [4.69, 9.17) is 4.74 Å². The van der Waals surface area contributed by atoms with Crippen LogP contribution in [-0.2, 0) is 21.4 Å². The summed E-state index contributed by atoms with van der Waals surface area (Å²) in [6.45, 7) is 1.76. The minimum atomic E-state index is -1.25. The molecule has 7 heteroatoms. The second-order valence-electron chi connectivity index (χ2n) is 12.1. The first-order valence-electron chi connectivity index (χ1n) is 13.6. The molecule has 6 aliphatic rings. The summed E-state index contributed by atoms with van der Waals surface area (Å²) in [5, 5.41) is 23.4. The van der Waals surface area contributed by atoms with Crippen molar-refractivity contribution in [3.63, 3.8) is 0 Å². The molecule has 2 N–H and O–H groups in total. The average molecular weight is 481 g/mol. The molecular formula is C28H36N2O5. The molecule has 2 heterocycles. The standard InChI is InChI=1S/C28H36N2O5/c1-29(18-5-3-2-4-6-18)26(33)19-14-28(34)21-13-17-9-10-20(31)24-22(17)27(28,25(35-24)23(19)32)11-12-30(21)15-16-7-8-16/h9-10,16,18-19,21,25,31,34H,2-8,11-15H2,1H3/t19?,21-,25+,27+,28-/m1/s1. The molecule has 1 unspecified atom stereocenters. The van der Waals surface area contributed by atoms with Gasteiger partial charge < -0.3 is 19.8 Å². The monoisotopic (exact) mass is 480 g/mol. The van der Waals surface area contributed by atoms with Crippen molar-refractivity contribution in [3.8, 4) is 11.5 Å². The maximum Gasteiger partial charge on any atom is 0.233 e. The number of hydrogen-bond donors (Lipinski definition) is 2. The number of hydrogen-bond acceptors (Lipinski definition) is 6. The number of Topliss-reactive ketones (excluding diaryl/α,β-unsaturated/α-hetero) is 1. The summed E-state index contributed by atoms with van der Waals surface area (Å²) in [4.78, 5) is 32.1. The van der Waals surface area contributed by atoms with Crippen molar-refractivity contribution in [1.29, 1.82) is 0 Å². The fraction of sp³-hybridized carbons (Fsp3) is 0.714. The number of aliphatic hydroxyl groups is 1. The van der Waals surface area contributed by atoms with Crippen molar-refractivity contribution in [2.24, 2.45) is 11.8 Å². The van der Waals surface area contributed by atoms with Crippen LogP contribution < -0.4 is 4.74 Å². The number of ether oxygens (including phenoxy) is 1. The van der Waals surface area contributed by atoms with Gasteiger partial charge >= 0.3 is 0 Å². The number of carbonyl (C=O) groups is 2. The van der Waals surface area contributed by atoms with Crippen molar-refractivity contribution in [2.45, 2.75) is 93.4 Å². The molecule has 7 rings (SSSR count). The third kappa shape index (κ3) is 2.85. The van der Waals surface area contributed by atoms with E-state index in [1.54, 1.807) is 11.0 Å². The fourth-order valence-corrected chi connectivity index (χ4v) is 8.41. The Morgan fingerprint density at radius 2 is 1.97 bits per heavy atom. The van der Waals surface area contributed by atoms with Crippen molar-refractivity contribution in [3.05, 3.63) is 23.3 Å². The third-order valence-electron chi connectivity index (χ3n) is 10.4. The summed E-state index contributed by atoms with van der Waals surface area (Å²) >= 11 is 0. The summed E-state index contributed by atoms with van der Waals surface area (Å²) in [5.74, 6) is -0.260. The van der Waals surface area contributed by atoms with Gasteiger partial charge in [0.1, 0.15) is 5.92 Å². The van der Waals surface area contributed by atoms with Gasteiger partial charge in [-0.05, 0) is 69.0 Å². The largest absolute Gasteiger partial charge is 0.504 e. The molecular weight excluding hydrogens is 444 g/mol. The molecule has 7 nitrogen and oxygen atoms in total. The Bertz CT molecular complexity index is 1100. The van der Waals surface area contributed by atoms with Gasteiger partial charge in [-0.2, -0.15) is 0 Å². The van der Waals surface area contributed by atoms with E-state index in [1.165, 1.54) is 19.3 Å². The van der Waals surface area contributed by atoms with Crippen molar-refractivity contribution in [1.82, 2.24) is 9.80 Å². The first-order chi connectivity index (χ1) is 16.8. The van der Waals surface area contributed by atoms with Crippen LogP contribution >= 0.6 is 0 Å². The van der Waals surface area contributed by atoms with E-state index < -0.39 is 23.0 Å². The molecule has 1 saturated heterocycles. The maximum absolute atomic E-state index is 14.0. The van der Waals surface area contributed by atoms with Gasteiger partial charge in [0.15, 0.2) is 23.4 Å². The second-order valence-corrected chi connectivity index (χ2v) is 12.1. The van der Waals surface area contributed by atoms with Crippen LogP contribution in [0.2, 0.25) is 0 Å². The Labute approximate surface area is 206 Å². The molecule has 0 aromatic heterocycles. The van der Waals surface area contributed by atoms with Gasteiger partial charge in [0.2, 0.25) is 5.91 Å². The number of phenolic OH excluding ortho intramolecular Hbond substituents is 1. The summed E-state index contributed by atoms with van der Waals surface area (Å²) in [6.07, 6.45) is 8.29. The van der Waals surface area contributed by atoms with Crippen LogP contribution in [0, 0.1) is 11.8 Å². The fourth-order valence-electron chi connectivity index (χ4n) is 8.41. The molecule has 4 fully saturated rings. The average Bonchev–Trinajstić information content (AvgIpc) is 3.60. The molecule has 2 aliphatic heterocycles. The predicted molar refractivity (Wildman–Crippen MR) is 128 cm³/mol. The van der Waals surface area contributed by atoms with Crippen molar-refractivity contribution < 1.29 is 24.5 Å². The number of piperidine rings is 1. The first kappa shape index (κ1) is 22.1. The topological polar surface area (TPSA) is 90.3 Å². The van der Waals surface area contributed by atoms with E-state index in [2.05, 4.69) is 4.90 Å². The van der Waals surface area contributed by atoms with Gasteiger partial charge in [-0.1, -0.05) is 25.3 Å². The molecule has 0 radical (unpaired) electrons. The van der Waals surface area contributed by atoms with Crippen LogP contribution in [0.25, 0.3) is 0 Å². The Kier molecular flexibility index (Phi) is 4.71. The minimum absolute atomic E-state index is 0.0173. The van der Waals surface area contributed by atoms with Gasteiger partial charge in [-0.3, -0.25) is 14.5 Å². The lowest BCUT2D eigenvalue weighted by atomic mass is 9.47. The summed E-state index contributed by atoms with van der Waals surface area (Å²) in [7, 11) is 1.83. The van der Waals surface area contributed by atoms with Gasteiger partial charge in [-0.15, -0.1) is 0 Å². The zero-order chi connectivity index (χ0) is 24.1. The molecule has 3 saturated carbocycles. The van der Waals surface area contributed by atoms with Gasteiger partial charge in [-0.25, -0.2) is 0 Å². The molecule has 35 heavy (non-hydrogen) atoms. The van der Waals surface area contributed by atoms with Crippen molar-refractivity contribution in [2.75, 3.05) is 20.1 Å². The SMILES string of the molecule is CN(C(=O)C1C[C@@]2(O)[C@H]3Cc4ccc(O)c5c4[C@@]2(CCN3CC2CC2)[C@@H](O5)C1=O)C1CCCCC1. The molecule has 1 aromatic carbocycles. The number of amides is 1. The Hall–Kier alpha value is -2.12.